The van der Waals surface area contributed by atoms with Crippen molar-refractivity contribution in [2.24, 2.45) is 0 Å². The molecule has 7 N–H and O–H groups in total. The molecule has 0 bridgehead atoms. The highest BCUT2D eigenvalue weighted by atomic mass is 31.2. The lowest BCUT2D eigenvalue weighted by Gasteiger charge is -2.41. The molecule has 358 valence electrons. The Morgan fingerprint density at radius 1 is 0.597 bits per heavy atom. The number of allylic oxidation sites excluding steroid dienone is 9. The van der Waals surface area contributed by atoms with E-state index < -0.39 is 81.8 Å². The summed E-state index contributed by atoms with van der Waals surface area (Å²) in [4.78, 5) is 35.7. The first-order chi connectivity index (χ1) is 29.8. The molecule has 0 spiro atoms. The first-order valence-corrected chi connectivity index (χ1v) is 24.7. The molecule has 0 saturated heterocycles. The van der Waals surface area contributed by atoms with Crippen molar-refractivity contribution in [2.75, 3.05) is 13.2 Å². The van der Waals surface area contributed by atoms with Crippen LogP contribution in [0.25, 0.3) is 0 Å². The second-order valence-electron chi connectivity index (χ2n) is 16.1. The van der Waals surface area contributed by atoms with E-state index >= 15 is 0 Å². The van der Waals surface area contributed by atoms with Crippen LogP contribution in [0.15, 0.2) is 60.8 Å². The number of hydrogen-bond donors (Lipinski definition) is 7. The van der Waals surface area contributed by atoms with E-state index in [9.17, 15) is 49.7 Å². The van der Waals surface area contributed by atoms with Crippen molar-refractivity contribution in [3.63, 3.8) is 0 Å². The smallest absolute Gasteiger partial charge is 0.462 e. The summed E-state index contributed by atoms with van der Waals surface area (Å²) >= 11 is 0. The minimum absolute atomic E-state index is 0.0228. The van der Waals surface area contributed by atoms with Gasteiger partial charge in [0.15, 0.2) is 6.10 Å². The Kier molecular flexibility index (Phi) is 34.2. The van der Waals surface area contributed by atoms with Gasteiger partial charge in [-0.1, -0.05) is 145 Å². The van der Waals surface area contributed by atoms with Gasteiger partial charge in [-0.15, -0.1) is 0 Å². The number of phosphoric ester groups is 1. The molecule has 0 aromatic heterocycles. The molecular formula is C47H81O14P. The second-order valence-corrected chi connectivity index (χ2v) is 17.5. The number of carbonyl (C=O) groups excluding carboxylic acids is 2. The average molecular weight is 901 g/mol. The third-order valence-corrected chi connectivity index (χ3v) is 11.4. The van der Waals surface area contributed by atoms with Crippen LogP contribution in [0.5, 0.6) is 0 Å². The average Bonchev–Trinajstić information content (AvgIpc) is 3.25. The first kappa shape index (κ1) is 57.5. The van der Waals surface area contributed by atoms with Gasteiger partial charge < -0.3 is 45.0 Å². The minimum Gasteiger partial charge on any atom is -0.462 e. The Labute approximate surface area is 371 Å². The number of rotatable bonds is 37. The number of aliphatic hydroxyl groups is 6. The summed E-state index contributed by atoms with van der Waals surface area (Å²) in [5, 5.41) is 60.3. The van der Waals surface area contributed by atoms with Crippen LogP contribution < -0.4 is 0 Å². The standard InChI is InChI=1S/C47H81O14P/c1-3-5-7-9-11-12-13-14-15-16-17-18-19-20-22-26-30-34-40(49)58-36-39(37-59-62(56,57)61-47-45(54)43(52)42(51)44(53)46(47)55)60-41(50)35-31-27-23-25-29-33-38(48)32-28-24-21-10-8-6-4-2/h6,8,11-12,14-15,21,24,28,32,38-39,42-48,51-55H,3-5,7,9-10,13,16-20,22-23,25-27,29-31,33-37H2,1-2H3,(H,56,57)/b8-6+,12-11-,15-14-,24-21+,32-28+/t38?,39-,42?,43-,44+,45-,46-,47?/m1/s1. The van der Waals surface area contributed by atoms with E-state index in [4.69, 9.17) is 18.5 Å². The Morgan fingerprint density at radius 2 is 1.11 bits per heavy atom. The summed E-state index contributed by atoms with van der Waals surface area (Å²) in [6.45, 7) is 3.05. The monoisotopic (exact) mass is 901 g/mol. The molecule has 14 nitrogen and oxygen atoms in total. The fourth-order valence-corrected chi connectivity index (χ4v) is 7.65. The van der Waals surface area contributed by atoms with Crippen LogP contribution in [0.4, 0.5) is 0 Å². The van der Waals surface area contributed by atoms with Gasteiger partial charge in [-0.2, -0.15) is 0 Å². The topological polar surface area (TPSA) is 230 Å². The summed E-state index contributed by atoms with van der Waals surface area (Å²) < 4.78 is 33.5. The molecule has 0 heterocycles. The molecule has 1 saturated carbocycles. The van der Waals surface area contributed by atoms with Gasteiger partial charge in [0.1, 0.15) is 43.2 Å². The van der Waals surface area contributed by atoms with E-state index in [0.29, 0.717) is 19.3 Å². The van der Waals surface area contributed by atoms with Gasteiger partial charge in [-0.25, -0.2) is 4.57 Å². The van der Waals surface area contributed by atoms with Crippen LogP contribution >= 0.6 is 7.82 Å². The lowest BCUT2D eigenvalue weighted by molar-refractivity contribution is -0.220. The van der Waals surface area contributed by atoms with Crippen molar-refractivity contribution in [3.8, 4) is 0 Å². The molecule has 0 aliphatic heterocycles. The van der Waals surface area contributed by atoms with Crippen molar-refractivity contribution >= 4 is 19.8 Å². The van der Waals surface area contributed by atoms with Gasteiger partial charge in [-0.05, 0) is 64.2 Å². The fourth-order valence-electron chi connectivity index (χ4n) is 6.68. The maximum absolute atomic E-state index is 12.8. The number of carbonyl (C=O) groups is 2. The Morgan fingerprint density at radius 3 is 1.73 bits per heavy atom. The lowest BCUT2D eigenvalue weighted by atomic mass is 9.85. The van der Waals surface area contributed by atoms with Crippen molar-refractivity contribution < 1.29 is 68.2 Å². The number of unbranched alkanes of at least 4 members (excludes halogenated alkanes) is 14. The fraction of sp³-hybridized carbons (Fsp3) is 0.745. The summed E-state index contributed by atoms with van der Waals surface area (Å²) in [6.07, 6.45) is 27.1. The number of aliphatic hydroxyl groups excluding tert-OH is 6. The van der Waals surface area contributed by atoms with E-state index in [1.807, 2.05) is 18.2 Å². The SMILES string of the molecule is CC/C=C/C/C=C/C=C/C(O)CCCCCCCC(=O)O[C@H](COC(=O)CCCCCCCCC/C=C\C/C=C\CCCCC)COP(=O)(O)OC1[C@H](O)[C@H](O)C(O)[C@H](O)[C@H]1O. The van der Waals surface area contributed by atoms with Crippen molar-refractivity contribution in [1.82, 2.24) is 0 Å². The molecule has 1 aliphatic rings. The zero-order chi connectivity index (χ0) is 45.9. The van der Waals surface area contributed by atoms with Gasteiger partial charge in [0.25, 0.3) is 0 Å². The molecule has 1 aliphatic carbocycles. The highest BCUT2D eigenvalue weighted by Gasteiger charge is 2.51. The Balaban J connectivity index is 2.50. The van der Waals surface area contributed by atoms with E-state index in [2.05, 4.69) is 50.3 Å². The molecular weight excluding hydrogens is 819 g/mol. The number of ether oxygens (including phenoxy) is 2. The first-order valence-electron chi connectivity index (χ1n) is 23.2. The number of hydrogen-bond acceptors (Lipinski definition) is 13. The second kappa shape index (κ2) is 36.8. The van der Waals surface area contributed by atoms with Gasteiger partial charge in [0, 0.05) is 12.8 Å². The van der Waals surface area contributed by atoms with Crippen LogP contribution in [0.3, 0.4) is 0 Å². The predicted molar refractivity (Wildman–Crippen MR) is 241 cm³/mol. The van der Waals surface area contributed by atoms with E-state index in [0.717, 1.165) is 96.3 Å². The van der Waals surface area contributed by atoms with Crippen LogP contribution in [0.1, 0.15) is 162 Å². The molecule has 1 rings (SSSR count). The summed E-state index contributed by atoms with van der Waals surface area (Å²) in [7, 11) is -5.15. The summed E-state index contributed by atoms with van der Waals surface area (Å²) in [6, 6.07) is 0. The van der Waals surface area contributed by atoms with E-state index in [1.54, 1.807) is 6.08 Å². The number of esters is 2. The number of phosphoric acid groups is 1. The maximum atomic E-state index is 12.8. The largest absolute Gasteiger partial charge is 0.472 e. The normalized spacial score (nSPS) is 22.9. The Hall–Kier alpha value is -2.49. The highest BCUT2D eigenvalue weighted by Crippen LogP contribution is 2.47. The molecule has 0 aromatic carbocycles. The van der Waals surface area contributed by atoms with Gasteiger partial charge in [-0.3, -0.25) is 18.6 Å². The minimum atomic E-state index is -5.15. The zero-order valence-electron chi connectivity index (χ0n) is 37.5. The van der Waals surface area contributed by atoms with Crippen LogP contribution in [-0.2, 0) is 32.7 Å². The van der Waals surface area contributed by atoms with Crippen molar-refractivity contribution in [2.45, 2.75) is 210 Å². The third kappa shape index (κ3) is 29.1. The molecule has 0 amide bonds. The summed E-state index contributed by atoms with van der Waals surface area (Å²) in [5.74, 6) is -1.19. The molecule has 4 unspecified atom stereocenters. The molecule has 0 aromatic rings. The van der Waals surface area contributed by atoms with Gasteiger partial charge in [0.05, 0.1) is 12.7 Å². The van der Waals surface area contributed by atoms with Gasteiger partial charge in [0.2, 0.25) is 0 Å². The summed E-state index contributed by atoms with van der Waals surface area (Å²) in [5.41, 5.74) is 0. The Bertz CT molecular complexity index is 1330. The molecule has 0 radical (unpaired) electrons. The predicted octanol–water partition coefficient (Wildman–Crippen LogP) is 7.92. The molecule has 9 atom stereocenters. The van der Waals surface area contributed by atoms with Crippen LogP contribution in [0, 0.1) is 0 Å². The van der Waals surface area contributed by atoms with Gasteiger partial charge >= 0.3 is 19.8 Å². The highest BCUT2D eigenvalue weighted by molar-refractivity contribution is 7.47. The maximum Gasteiger partial charge on any atom is 0.472 e. The van der Waals surface area contributed by atoms with Crippen molar-refractivity contribution in [1.29, 1.82) is 0 Å². The lowest BCUT2D eigenvalue weighted by Crippen LogP contribution is -2.64. The molecule has 1 fully saturated rings. The van der Waals surface area contributed by atoms with E-state index in [-0.39, 0.29) is 12.8 Å². The van der Waals surface area contributed by atoms with Crippen molar-refractivity contribution in [3.05, 3.63) is 60.8 Å². The zero-order valence-corrected chi connectivity index (χ0v) is 38.4. The third-order valence-electron chi connectivity index (χ3n) is 10.4. The van der Waals surface area contributed by atoms with Crippen LogP contribution in [0.2, 0.25) is 0 Å². The quantitative estimate of drug-likeness (QED) is 0.0103. The molecule has 15 heteroatoms. The molecule has 62 heavy (non-hydrogen) atoms. The van der Waals surface area contributed by atoms with Crippen LogP contribution in [-0.4, -0.2) is 110 Å². The van der Waals surface area contributed by atoms with E-state index in [1.165, 1.54) is 19.3 Å².